The Bertz CT molecular complexity index is 1470. The summed E-state index contributed by atoms with van der Waals surface area (Å²) in [5.74, 6) is -0.414. The Morgan fingerprint density at radius 1 is 1.12 bits per heavy atom. The SMILES string of the molecule is Cc1ccc(C=Nn2c(=O)c(C3=NS(O)(O)c4ccccc4N3)c(O)c3sccc32)cc1. The number of nitrogens with one attached hydrogen (secondary N) is 1. The Kier molecular flexibility index (Phi) is 4.86. The summed E-state index contributed by atoms with van der Waals surface area (Å²) in [6.45, 7) is 1.98. The van der Waals surface area contributed by atoms with E-state index in [1.807, 2.05) is 31.2 Å². The number of pyridine rings is 1. The molecule has 5 rings (SSSR count). The van der Waals surface area contributed by atoms with Gasteiger partial charge in [-0.1, -0.05) is 52.7 Å². The first kappa shape index (κ1) is 20.5. The van der Waals surface area contributed by atoms with E-state index < -0.39 is 16.3 Å². The smallest absolute Gasteiger partial charge is 0.286 e. The molecular weight excluding hydrogens is 448 g/mol. The summed E-state index contributed by atoms with van der Waals surface area (Å²) in [7, 11) is -3.55. The second-order valence-corrected chi connectivity index (χ2v) is 9.79. The molecule has 3 heterocycles. The molecule has 0 atom stereocenters. The van der Waals surface area contributed by atoms with Crippen molar-refractivity contribution in [2.75, 3.05) is 5.32 Å². The molecule has 0 unspecified atom stereocenters. The van der Waals surface area contributed by atoms with E-state index >= 15 is 0 Å². The number of aromatic hydroxyl groups is 1. The van der Waals surface area contributed by atoms with Crippen LogP contribution in [0.3, 0.4) is 0 Å². The van der Waals surface area contributed by atoms with Crippen LogP contribution in [0.5, 0.6) is 5.75 Å². The van der Waals surface area contributed by atoms with Crippen LogP contribution >= 0.6 is 22.1 Å². The predicted molar refractivity (Wildman–Crippen MR) is 130 cm³/mol. The number of anilines is 1. The molecule has 0 saturated heterocycles. The third kappa shape index (κ3) is 3.39. The Hall–Kier alpha value is -3.44. The molecule has 0 saturated carbocycles. The number of hydrogen-bond acceptors (Lipinski definition) is 8. The molecule has 0 aliphatic carbocycles. The molecule has 10 heteroatoms. The molecule has 0 fully saturated rings. The van der Waals surface area contributed by atoms with E-state index in [9.17, 15) is 19.0 Å². The van der Waals surface area contributed by atoms with Crippen molar-refractivity contribution in [1.82, 2.24) is 4.68 Å². The summed E-state index contributed by atoms with van der Waals surface area (Å²) in [4.78, 5) is 13.6. The molecule has 2 aromatic heterocycles. The fraction of sp³-hybridized carbons (Fsp3) is 0.0455. The second-order valence-electron chi connectivity index (χ2n) is 7.21. The average molecular weight is 467 g/mol. The van der Waals surface area contributed by atoms with Gasteiger partial charge in [-0.15, -0.1) is 15.7 Å². The van der Waals surface area contributed by atoms with Gasteiger partial charge in [-0.25, -0.2) is 0 Å². The van der Waals surface area contributed by atoms with E-state index in [0.29, 0.717) is 15.9 Å². The maximum atomic E-state index is 13.4. The minimum atomic E-state index is -3.55. The largest absolute Gasteiger partial charge is 0.505 e. The summed E-state index contributed by atoms with van der Waals surface area (Å²) in [6.07, 6.45) is 1.55. The van der Waals surface area contributed by atoms with Crippen LogP contribution in [-0.4, -0.2) is 30.9 Å². The Morgan fingerprint density at radius 2 is 1.88 bits per heavy atom. The summed E-state index contributed by atoms with van der Waals surface area (Å²) >= 11 is 1.24. The van der Waals surface area contributed by atoms with E-state index in [1.54, 1.807) is 41.9 Å². The molecule has 4 aromatic rings. The van der Waals surface area contributed by atoms with E-state index in [0.717, 1.165) is 11.1 Å². The van der Waals surface area contributed by atoms with Gasteiger partial charge in [-0.05, 0) is 36.1 Å². The van der Waals surface area contributed by atoms with Crippen LogP contribution in [-0.2, 0) is 0 Å². The van der Waals surface area contributed by atoms with Gasteiger partial charge in [-0.2, -0.15) is 9.78 Å². The molecule has 4 N–H and O–H groups in total. The molecule has 0 radical (unpaired) electrons. The van der Waals surface area contributed by atoms with Crippen molar-refractivity contribution in [2.45, 2.75) is 11.8 Å². The summed E-state index contributed by atoms with van der Waals surface area (Å²) < 4.78 is 26.7. The standard InChI is InChI=1S/C22H18N4O4S2/c1-13-6-8-14(9-7-13)12-23-26-16-10-11-31-20(16)19(27)18(22(26)28)21-24-15-4-2-3-5-17(15)32(29,30)25-21/h2-12,27,29-30H,1H3,(H,24,25). The number of thiophene rings is 1. The molecule has 1 aliphatic rings. The summed E-state index contributed by atoms with van der Waals surface area (Å²) in [6, 6.07) is 15.9. The number of hydrogen-bond donors (Lipinski definition) is 4. The van der Waals surface area contributed by atoms with Crippen LogP contribution in [0.2, 0.25) is 0 Å². The van der Waals surface area contributed by atoms with Crippen LogP contribution in [0.1, 0.15) is 16.7 Å². The Balaban J connectivity index is 1.69. The highest BCUT2D eigenvalue weighted by atomic mass is 32.3. The minimum absolute atomic E-state index is 0.124. The lowest BCUT2D eigenvalue weighted by Crippen LogP contribution is -2.30. The van der Waals surface area contributed by atoms with Gasteiger partial charge >= 0.3 is 0 Å². The number of aryl methyl sites for hydroxylation is 1. The normalized spacial score (nSPS) is 15.9. The average Bonchev–Trinajstić information content (AvgIpc) is 3.25. The van der Waals surface area contributed by atoms with Crippen molar-refractivity contribution in [3.63, 3.8) is 0 Å². The van der Waals surface area contributed by atoms with Gasteiger partial charge in [0, 0.05) is 0 Å². The van der Waals surface area contributed by atoms with Gasteiger partial charge in [0.05, 0.1) is 22.1 Å². The number of para-hydroxylation sites is 1. The van der Waals surface area contributed by atoms with Gasteiger partial charge in [0.1, 0.15) is 10.5 Å². The molecule has 2 aromatic carbocycles. The van der Waals surface area contributed by atoms with Crippen molar-refractivity contribution >= 4 is 50.1 Å². The van der Waals surface area contributed by atoms with Crippen molar-refractivity contribution in [3.05, 3.63) is 87.0 Å². The van der Waals surface area contributed by atoms with E-state index in [2.05, 4.69) is 14.8 Å². The van der Waals surface area contributed by atoms with E-state index in [-0.39, 0.29) is 22.0 Å². The minimum Gasteiger partial charge on any atom is -0.505 e. The number of amidine groups is 1. The van der Waals surface area contributed by atoms with Gasteiger partial charge in [-0.3, -0.25) is 13.9 Å². The van der Waals surface area contributed by atoms with Gasteiger partial charge < -0.3 is 10.4 Å². The Labute approximate surface area is 188 Å². The van der Waals surface area contributed by atoms with Crippen molar-refractivity contribution in [2.24, 2.45) is 9.50 Å². The number of rotatable bonds is 3. The third-order valence-corrected chi connectivity index (χ3v) is 7.31. The van der Waals surface area contributed by atoms with Crippen molar-refractivity contribution in [3.8, 4) is 5.75 Å². The fourth-order valence-corrected chi connectivity index (χ4v) is 5.41. The number of fused-ring (bicyclic) bond motifs is 2. The molecule has 0 bridgehead atoms. The molecular formula is C22H18N4O4S2. The maximum Gasteiger partial charge on any atom is 0.286 e. The van der Waals surface area contributed by atoms with Crippen LogP contribution in [0.25, 0.3) is 10.2 Å². The lowest BCUT2D eigenvalue weighted by molar-refractivity contribution is 0.479. The Morgan fingerprint density at radius 3 is 2.66 bits per heavy atom. The molecule has 32 heavy (non-hydrogen) atoms. The predicted octanol–water partition coefficient (Wildman–Crippen LogP) is 4.86. The van der Waals surface area contributed by atoms with Crippen molar-refractivity contribution < 1.29 is 14.2 Å². The number of benzene rings is 2. The first-order chi connectivity index (χ1) is 15.3. The quantitative estimate of drug-likeness (QED) is 0.322. The zero-order chi connectivity index (χ0) is 22.5. The molecule has 0 spiro atoms. The summed E-state index contributed by atoms with van der Waals surface area (Å²) in [5, 5.41) is 19.9. The highest BCUT2D eigenvalue weighted by Crippen LogP contribution is 2.55. The lowest BCUT2D eigenvalue weighted by atomic mass is 10.2. The van der Waals surface area contributed by atoms with E-state index in [1.165, 1.54) is 16.0 Å². The van der Waals surface area contributed by atoms with Crippen molar-refractivity contribution in [1.29, 1.82) is 0 Å². The second kappa shape index (κ2) is 7.61. The molecule has 162 valence electrons. The highest BCUT2D eigenvalue weighted by molar-refractivity contribution is 8.23. The highest BCUT2D eigenvalue weighted by Gasteiger charge is 2.30. The third-order valence-electron chi connectivity index (χ3n) is 5.02. The molecule has 0 amide bonds. The first-order valence-corrected chi connectivity index (χ1v) is 11.9. The number of nitrogens with zero attached hydrogens (tertiary/aromatic N) is 3. The fourth-order valence-electron chi connectivity index (χ4n) is 3.43. The zero-order valence-electron chi connectivity index (χ0n) is 16.8. The van der Waals surface area contributed by atoms with Crippen LogP contribution in [0, 0.1) is 6.92 Å². The van der Waals surface area contributed by atoms with Gasteiger partial charge in [0.25, 0.3) is 5.56 Å². The number of aromatic nitrogens is 1. The van der Waals surface area contributed by atoms with Gasteiger partial charge in [0.2, 0.25) is 0 Å². The topological polar surface area (TPSA) is 119 Å². The van der Waals surface area contributed by atoms with Crippen LogP contribution < -0.4 is 10.9 Å². The van der Waals surface area contributed by atoms with Crippen LogP contribution in [0.4, 0.5) is 5.69 Å². The van der Waals surface area contributed by atoms with Crippen LogP contribution in [0.15, 0.2) is 79.2 Å². The summed E-state index contributed by atoms with van der Waals surface area (Å²) in [5.41, 5.74) is 1.92. The van der Waals surface area contributed by atoms with E-state index in [4.69, 9.17) is 0 Å². The first-order valence-electron chi connectivity index (χ1n) is 9.56. The molecule has 8 nitrogen and oxygen atoms in total. The molecule has 1 aliphatic heterocycles. The monoisotopic (exact) mass is 466 g/mol. The zero-order valence-corrected chi connectivity index (χ0v) is 18.4. The van der Waals surface area contributed by atoms with Gasteiger partial charge in [0.15, 0.2) is 11.6 Å². The maximum absolute atomic E-state index is 13.4. The lowest BCUT2D eigenvalue weighted by Gasteiger charge is -2.34.